The van der Waals surface area contributed by atoms with Crippen LogP contribution in [0.25, 0.3) is 11.0 Å². The lowest BCUT2D eigenvalue weighted by Crippen LogP contribution is -2.53. The Morgan fingerprint density at radius 1 is 1.48 bits per heavy atom. The summed E-state index contributed by atoms with van der Waals surface area (Å²) in [4.78, 5) is 39.2. The van der Waals surface area contributed by atoms with Gasteiger partial charge in [-0.05, 0) is 18.4 Å². The minimum atomic E-state index is -1.43. The lowest BCUT2D eigenvalue weighted by atomic mass is 9.92. The zero-order valence-corrected chi connectivity index (χ0v) is 16.3. The van der Waals surface area contributed by atoms with Gasteiger partial charge in [-0.1, -0.05) is 6.92 Å². The van der Waals surface area contributed by atoms with Gasteiger partial charge in [0.1, 0.15) is 23.9 Å². The second-order valence-corrected chi connectivity index (χ2v) is 7.22. The van der Waals surface area contributed by atoms with E-state index in [0.717, 1.165) is 23.3 Å². The van der Waals surface area contributed by atoms with E-state index in [2.05, 4.69) is 26.8 Å². The number of aromatic amines is 1. The topological polar surface area (TPSA) is 152 Å². The number of H-pyrrole nitrogens is 1. The van der Waals surface area contributed by atoms with Crippen LogP contribution in [0.1, 0.15) is 19.8 Å². The zero-order valence-electron chi connectivity index (χ0n) is 16.3. The summed E-state index contributed by atoms with van der Waals surface area (Å²) >= 11 is 0. The third-order valence-corrected chi connectivity index (χ3v) is 5.42. The van der Waals surface area contributed by atoms with Crippen LogP contribution >= 0.6 is 0 Å². The number of carboxylic acid groups (broad SMARTS) is 1. The minimum Gasteiger partial charge on any atom is -0.477 e. The number of piperidine rings is 1. The lowest BCUT2D eigenvalue weighted by molar-refractivity contribution is -0.132. The van der Waals surface area contributed by atoms with Crippen molar-refractivity contribution in [3.8, 4) is 6.07 Å². The summed E-state index contributed by atoms with van der Waals surface area (Å²) in [7, 11) is 1.94. The van der Waals surface area contributed by atoms with Gasteiger partial charge < -0.3 is 25.6 Å². The number of likely N-dealkylation sites (N-methyl/N-ethyl adjacent to an activating group) is 1. The highest BCUT2D eigenvalue weighted by atomic mass is 16.4. The number of carbonyl (C=O) groups is 2. The Kier molecular flexibility index (Phi) is 5.68. The molecule has 1 amide bonds. The van der Waals surface area contributed by atoms with E-state index in [4.69, 9.17) is 16.1 Å². The van der Waals surface area contributed by atoms with Crippen molar-refractivity contribution >= 4 is 28.7 Å². The lowest BCUT2D eigenvalue weighted by Gasteiger charge is -2.42. The number of amides is 1. The van der Waals surface area contributed by atoms with E-state index in [9.17, 15) is 9.59 Å². The van der Waals surface area contributed by atoms with Crippen LogP contribution in [-0.2, 0) is 9.59 Å². The fourth-order valence-electron chi connectivity index (χ4n) is 3.70. The molecule has 29 heavy (non-hydrogen) atoms. The Morgan fingerprint density at radius 3 is 2.93 bits per heavy atom. The van der Waals surface area contributed by atoms with Gasteiger partial charge in [0.25, 0.3) is 0 Å². The Bertz CT molecular complexity index is 1010. The van der Waals surface area contributed by atoms with Crippen LogP contribution < -0.4 is 10.6 Å². The first kappa shape index (κ1) is 20.1. The van der Waals surface area contributed by atoms with Crippen LogP contribution in [0.3, 0.4) is 0 Å². The van der Waals surface area contributed by atoms with Crippen molar-refractivity contribution in [2.45, 2.75) is 25.8 Å². The number of fused-ring (bicyclic) bond motifs is 1. The molecule has 4 N–H and O–H groups in total. The fraction of sp³-hybridized carbons (Fsp3) is 0.421. The van der Waals surface area contributed by atoms with Crippen LogP contribution in [0.2, 0.25) is 0 Å². The number of nitriles is 1. The quantitative estimate of drug-likeness (QED) is 0.496. The van der Waals surface area contributed by atoms with E-state index < -0.39 is 11.5 Å². The molecule has 10 nitrogen and oxygen atoms in total. The molecule has 152 valence electrons. The molecular weight excluding hydrogens is 374 g/mol. The molecule has 0 spiro atoms. The van der Waals surface area contributed by atoms with Crippen molar-refractivity contribution < 1.29 is 14.7 Å². The molecule has 1 aliphatic heterocycles. The van der Waals surface area contributed by atoms with E-state index in [0.29, 0.717) is 19.0 Å². The van der Waals surface area contributed by atoms with Crippen molar-refractivity contribution in [1.82, 2.24) is 19.9 Å². The molecule has 0 saturated carbocycles. The molecule has 2 aromatic heterocycles. The van der Waals surface area contributed by atoms with Crippen LogP contribution in [0.4, 0.5) is 5.82 Å². The average molecular weight is 397 g/mol. The first-order valence-corrected chi connectivity index (χ1v) is 9.24. The molecule has 0 aromatic carbocycles. The van der Waals surface area contributed by atoms with Gasteiger partial charge in [-0.15, -0.1) is 0 Å². The Labute approximate surface area is 167 Å². The van der Waals surface area contributed by atoms with Crippen LogP contribution in [0.5, 0.6) is 0 Å². The van der Waals surface area contributed by atoms with E-state index in [1.807, 2.05) is 13.1 Å². The third-order valence-electron chi connectivity index (χ3n) is 5.42. The number of nitrogens with one attached hydrogen (secondary N) is 1. The normalized spacial score (nSPS) is 20.1. The SMILES string of the molecule is C[C@@H]1CCN(C(=O)C/C(N)=C(/C#N)C(=O)O)C[C@@H]1N(C)c1ncnc2[nH]ccc12. The zero-order chi connectivity index (χ0) is 21.1. The number of nitrogens with two attached hydrogens (primary N) is 1. The fourth-order valence-corrected chi connectivity index (χ4v) is 3.70. The van der Waals surface area contributed by atoms with E-state index in [1.165, 1.54) is 12.4 Å². The summed E-state index contributed by atoms with van der Waals surface area (Å²) in [5, 5.41) is 18.8. The van der Waals surface area contributed by atoms with Crippen molar-refractivity contribution in [2.75, 3.05) is 25.0 Å². The number of aromatic nitrogens is 3. The number of likely N-dealkylation sites (tertiary alicyclic amines) is 1. The Balaban J connectivity index is 1.78. The summed E-state index contributed by atoms with van der Waals surface area (Å²) in [6, 6.07) is 3.47. The molecular formula is C19H23N7O3. The summed E-state index contributed by atoms with van der Waals surface area (Å²) in [5.74, 6) is -0.632. The van der Waals surface area contributed by atoms with Gasteiger partial charge in [0.05, 0.1) is 17.8 Å². The monoisotopic (exact) mass is 397 g/mol. The number of anilines is 1. The highest BCUT2D eigenvalue weighted by molar-refractivity contribution is 5.93. The molecule has 2 aromatic rings. The molecule has 1 fully saturated rings. The first-order chi connectivity index (χ1) is 13.8. The van der Waals surface area contributed by atoms with E-state index in [1.54, 1.807) is 11.1 Å². The van der Waals surface area contributed by atoms with Crippen molar-refractivity contribution in [1.29, 1.82) is 5.26 Å². The molecule has 3 rings (SSSR count). The maximum Gasteiger partial charge on any atom is 0.348 e. The summed E-state index contributed by atoms with van der Waals surface area (Å²) in [6.07, 6.45) is 3.80. The largest absolute Gasteiger partial charge is 0.477 e. The molecule has 1 saturated heterocycles. The minimum absolute atomic E-state index is 0.0146. The summed E-state index contributed by atoms with van der Waals surface area (Å²) < 4.78 is 0. The average Bonchev–Trinajstić information content (AvgIpc) is 3.16. The van der Waals surface area contributed by atoms with E-state index in [-0.39, 0.29) is 24.1 Å². The summed E-state index contributed by atoms with van der Waals surface area (Å²) in [5.41, 5.74) is 5.63. The number of hydrogen-bond acceptors (Lipinski definition) is 7. The third kappa shape index (κ3) is 3.99. The van der Waals surface area contributed by atoms with Gasteiger partial charge in [-0.3, -0.25) is 4.79 Å². The Hall–Kier alpha value is -3.61. The van der Waals surface area contributed by atoms with Gasteiger partial charge in [-0.2, -0.15) is 5.26 Å². The highest BCUT2D eigenvalue weighted by Crippen LogP contribution is 2.29. The smallest absolute Gasteiger partial charge is 0.348 e. The maximum absolute atomic E-state index is 12.7. The Morgan fingerprint density at radius 2 is 2.24 bits per heavy atom. The van der Waals surface area contributed by atoms with Crippen LogP contribution in [0, 0.1) is 17.2 Å². The maximum atomic E-state index is 12.7. The van der Waals surface area contributed by atoms with Gasteiger partial charge >= 0.3 is 5.97 Å². The molecule has 10 heteroatoms. The van der Waals surface area contributed by atoms with Crippen molar-refractivity contribution in [2.24, 2.45) is 11.7 Å². The van der Waals surface area contributed by atoms with Crippen molar-refractivity contribution in [3.05, 3.63) is 29.9 Å². The standard InChI is InChI=1S/C19H23N7O3/c1-11-4-6-26(16(27)7-14(21)13(8-20)19(28)29)9-15(11)25(2)18-12-3-5-22-17(12)23-10-24-18/h3,5,10-11,15H,4,6-7,9,21H2,1-2H3,(H,28,29)(H,22,23,24)/b14-13+/t11-,15+/m1/s1. The van der Waals surface area contributed by atoms with Gasteiger partial charge in [0.15, 0.2) is 5.57 Å². The number of rotatable bonds is 5. The van der Waals surface area contributed by atoms with Gasteiger partial charge in [-0.25, -0.2) is 14.8 Å². The molecule has 3 heterocycles. The molecule has 0 aliphatic carbocycles. The predicted molar refractivity (Wildman–Crippen MR) is 106 cm³/mol. The van der Waals surface area contributed by atoms with E-state index >= 15 is 0 Å². The first-order valence-electron chi connectivity index (χ1n) is 9.24. The molecule has 0 radical (unpaired) electrons. The molecule has 0 unspecified atom stereocenters. The molecule has 0 bridgehead atoms. The number of aliphatic carboxylic acids is 1. The number of nitrogens with zero attached hydrogens (tertiary/aromatic N) is 5. The summed E-state index contributed by atoms with van der Waals surface area (Å²) in [6.45, 7) is 3.13. The molecule has 2 atom stereocenters. The highest BCUT2D eigenvalue weighted by Gasteiger charge is 2.33. The van der Waals surface area contributed by atoms with Crippen LogP contribution in [0.15, 0.2) is 29.9 Å². The number of hydrogen-bond donors (Lipinski definition) is 3. The second-order valence-electron chi connectivity index (χ2n) is 7.22. The van der Waals surface area contributed by atoms with Gasteiger partial charge in [0.2, 0.25) is 5.91 Å². The number of carbonyl (C=O) groups excluding carboxylic acids is 1. The molecule has 1 aliphatic rings. The van der Waals surface area contributed by atoms with Crippen molar-refractivity contribution in [3.63, 3.8) is 0 Å². The van der Waals surface area contributed by atoms with Gasteiger partial charge in [0, 0.05) is 32.0 Å². The predicted octanol–water partition coefficient (Wildman–Crippen LogP) is 0.842. The second kappa shape index (κ2) is 8.18. The number of carboxylic acids is 1. The van der Waals surface area contributed by atoms with Crippen LogP contribution in [-0.4, -0.2) is 63.0 Å².